The summed E-state index contributed by atoms with van der Waals surface area (Å²) in [7, 11) is -2.11. The second-order valence-corrected chi connectivity index (χ2v) is 6.90. The Morgan fingerprint density at radius 1 is 1.10 bits per heavy atom. The predicted molar refractivity (Wildman–Crippen MR) is 80.0 cm³/mol. The van der Waals surface area contributed by atoms with E-state index < -0.39 is 10.0 Å². The van der Waals surface area contributed by atoms with E-state index in [2.05, 4.69) is 4.98 Å². The van der Waals surface area contributed by atoms with Crippen LogP contribution in [-0.4, -0.2) is 29.9 Å². The first kappa shape index (κ1) is 15.6. The van der Waals surface area contributed by atoms with Gasteiger partial charge in [0.2, 0.25) is 0 Å². The molecule has 0 bridgehead atoms. The van der Waals surface area contributed by atoms with Gasteiger partial charge in [-0.2, -0.15) is 4.31 Å². The van der Waals surface area contributed by atoms with E-state index in [1.54, 1.807) is 6.07 Å². The maximum absolute atomic E-state index is 12.4. The Kier molecular flexibility index (Phi) is 4.72. The van der Waals surface area contributed by atoms with E-state index in [9.17, 15) is 8.42 Å². The summed E-state index contributed by atoms with van der Waals surface area (Å²) >= 11 is 0. The average Bonchev–Trinajstić information content (AvgIpc) is 2.49. The first-order valence-corrected chi connectivity index (χ1v) is 7.95. The SMILES string of the molecule is Cc1ccc(CN(C)S(=O)(=O)c2ccc(CO)cn2)cc1. The van der Waals surface area contributed by atoms with Crippen molar-refractivity contribution in [2.75, 3.05) is 7.05 Å². The summed E-state index contributed by atoms with van der Waals surface area (Å²) in [5.74, 6) is 0. The lowest BCUT2D eigenvalue weighted by molar-refractivity contribution is 0.281. The Labute approximate surface area is 124 Å². The van der Waals surface area contributed by atoms with Crippen LogP contribution in [0.4, 0.5) is 0 Å². The van der Waals surface area contributed by atoms with Crippen LogP contribution in [-0.2, 0) is 23.2 Å². The fraction of sp³-hybridized carbons (Fsp3) is 0.267. The third kappa shape index (κ3) is 3.66. The van der Waals surface area contributed by atoms with Gasteiger partial charge in [0.1, 0.15) is 0 Å². The van der Waals surface area contributed by atoms with Gasteiger partial charge in [-0.1, -0.05) is 35.9 Å². The van der Waals surface area contributed by atoms with Gasteiger partial charge in [0.15, 0.2) is 5.03 Å². The third-order valence-corrected chi connectivity index (χ3v) is 4.90. The molecule has 0 spiro atoms. The predicted octanol–water partition coefficient (Wildman–Crippen LogP) is 1.70. The Morgan fingerprint density at radius 3 is 2.24 bits per heavy atom. The number of hydrogen-bond donors (Lipinski definition) is 1. The van der Waals surface area contributed by atoms with E-state index >= 15 is 0 Å². The zero-order valence-corrected chi connectivity index (χ0v) is 12.8. The van der Waals surface area contributed by atoms with Gasteiger partial charge in [0.05, 0.1) is 6.61 Å². The quantitative estimate of drug-likeness (QED) is 0.913. The molecule has 2 aromatic rings. The molecule has 2 rings (SSSR count). The van der Waals surface area contributed by atoms with Crippen LogP contribution in [0.2, 0.25) is 0 Å². The molecule has 0 fully saturated rings. The minimum atomic E-state index is -3.63. The summed E-state index contributed by atoms with van der Waals surface area (Å²) in [6.07, 6.45) is 1.37. The van der Waals surface area contributed by atoms with Crippen molar-refractivity contribution in [2.24, 2.45) is 0 Å². The molecule has 1 aromatic carbocycles. The average molecular weight is 306 g/mol. The highest BCUT2D eigenvalue weighted by molar-refractivity contribution is 7.89. The second-order valence-electron chi connectivity index (χ2n) is 4.91. The highest BCUT2D eigenvalue weighted by Crippen LogP contribution is 2.15. The number of sulfonamides is 1. The van der Waals surface area contributed by atoms with Crippen molar-refractivity contribution in [3.8, 4) is 0 Å². The van der Waals surface area contributed by atoms with Crippen molar-refractivity contribution >= 4 is 10.0 Å². The molecular formula is C15H18N2O3S. The van der Waals surface area contributed by atoms with Crippen LogP contribution in [0.1, 0.15) is 16.7 Å². The van der Waals surface area contributed by atoms with Gasteiger partial charge in [-0.25, -0.2) is 13.4 Å². The van der Waals surface area contributed by atoms with Crippen molar-refractivity contribution in [2.45, 2.75) is 25.1 Å². The molecule has 1 aromatic heterocycles. The lowest BCUT2D eigenvalue weighted by Crippen LogP contribution is -2.27. The number of aryl methyl sites for hydroxylation is 1. The minimum absolute atomic E-state index is 0.0192. The molecule has 21 heavy (non-hydrogen) atoms. The highest BCUT2D eigenvalue weighted by atomic mass is 32.2. The number of hydrogen-bond acceptors (Lipinski definition) is 4. The Bertz CT molecular complexity index is 695. The van der Waals surface area contributed by atoms with Gasteiger partial charge < -0.3 is 5.11 Å². The monoisotopic (exact) mass is 306 g/mol. The number of benzene rings is 1. The largest absolute Gasteiger partial charge is 0.392 e. The number of nitrogens with zero attached hydrogens (tertiary/aromatic N) is 2. The number of pyridine rings is 1. The Balaban J connectivity index is 2.19. The molecule has 0 saturated carbocycles. The molecule has 0 atom stereocenters. The number of rotatable bonds is 5. The van der Waals surface area contributed by atoms with Crippen molar-refractivity contribution in [3.05, 3.63) is 59.3 Å². The molecule has 5 nitrogen and oxygen atoms in total. The summed E-state index contributed by atoms with van der Waals surface area (Å²) in [5.41, 5.74) is 2.62. The summed E-state index contributed by atoms with van der Waals surface area (Å²) in [6, 6.07) is 10.7. The Morgan fingerprint density at radius 2 is 1.71 bits per heavy atom. The first-order chi connectivity index (χ1) is 9.93. The van der Waals surface area contributed by atoms with E-state index in [0.717, 1.165) is 11.1 Å². The van der Waals surface area contributed by atoms with Gasteiger partial charge in [-0.05, 0) is 24.1 Å². The van der Waals surface area contributed by atoms with E-state index in [1.807, 2.05) is 31.2 Å². The number of aliphatic hydroxyl groups excluding tert-OH is 1. The van der Waals surface area contributed by atoms with Crippen molar-refractivity contribution in [1.29, 1.82) is 0 Å². The van der Waals surface area contributed by atoms with Crippen LogP contribution in [0.15, 0.2) is 47.6 Å². The normalized spacial score (nSPS) is 11.8. The molecule has 1 heterocycles. The first-order valence-electron chi connectivity index (χ1n) is 6.51. The van der Waals surface area contributed by atoms with Crippen molar-refractivity contribution in [3.63, 3.8) is 0 Å². The maximum Gasteiger partial charge on any atom is 0.260 e. The van der Waals surface area contributed by atoms with Crippen molar-refractivity contribution < 1.29 is 13.5 Å². The van der Waals surface area contributed by atoms with Crippen LogP contribution in [0.5, 0.6) is 0 Å². The molecule has 0 radical (unpaired) electrons. The van der Waals surface area contributed by atoms with Gasteiger partial charge in [-0.3, -0.25) is 0 Å². The van der Waals surface area contributed by atoms with E-state index in [4.69, 9.17) is 5.11 Å². The van der Waals surface area contributed by atoms with Crippen LogP contribution in [0, 0.1) is 6.92 Å². The molecule has 0 aliphatic heterocycles. The molecule has 6 heteroatoms. The third-order valence-electron chi connectivity index (χ3n) is 3.18. The lowest BCUT2D eigenvalue weighted by Gasteiger charge is -2.16. The van der Waals surface area contributed by atoms with Gasteiger partial charge in [0, 0.05) is 19.8 Å². The topological polar surface area (TPSA) is 70.5 Å². The van der Waals surface area contributed by atoms with Crippen molar-refractivity contribution in [1.82, 2.24) is 9.29 Å². The molecule has 112 valence electrons. The lowest BCUT2D eigenvalue weighted by atomic mass is 10.1. The van der Waals surface area contributed by atoms with E-state index in [-0.39, 0.29) is 18.2 Å². The van der Waals surface area contributed by atoms with Crippen LogP contribution in [0.3, 0.4) is 0 Å². The second kappa shape index (κ2) is 6.34. The number of aromatic nitrogens is 1. The minimum Gasteiger partial charge on any atom is -0.392 e. The molecular weight excluding hydrogens is 288 g/mol. The zero-order chi connectivity index (χ0) is 15.5. The van der Waals surface area contributed by atoms with Crippen LogP contribution >= 0.6 is 0 Å². The highest BCUT2D eigenvalue weighted by Gasteiger charge is 2.22. The zero-order valence-electron chi connectivity index (χ0n) is 12.0. The fourth-order valence-electron chi connectivity index (χ4n) is 1.85. The molecule has 0 saturated heterocycles. The molecule has 0 unspecified atom stereocenters. The van der Waals surface area contributed by atoms with Gasteiger partial charge in [-0.15, -0.1) is 0 Å². The summed E-state index contributed by atoms with van der Waals surface area (Å²) < 4.78 is 26.1. The summed E-state index contributed by atoms with van der Waals surface area (Å²) in [6.45, 7) is 2.11. The van der Waals surface area contributed by atoms with Gasteiger partial charge >= 0.3 is 0 Å². The van der Waals surface area contributed by atoms with Gasteiger partial charge in [0.25, 0.3) is 10.0 Å². The molecule has 0 aliphatic rings. The standard InChI is InChI=1S/C15H18N2O3S/c1-12-3-5-13(6-4-12)10-17(2)21(19,20)15-8-7-14(11-18)9-16-15/h3-9,18H,10-11H2,1-2H3. The van der Waals surface area contributed by atoms with E-state index in [0.29, 0.717) is 5.56 Å². The molecule has 0 amide bonds. The summed E-state index contributed by atoms with van der Waals surface area (Å²) in [4.78, 5) is 3.91. The number of aliphatic hydroxyl groups is 1. The molecule has 1 N–H and O–H groups in total. The van der Waals surface area contributed by atoms with Crippen LogP contribution < -0.4 is 0 Å². The van der Waals surface area contributed by atoms with E-state index in [1.165, 1.54) is 23.6 Å². The Hall–Kier alpha value is -1.76. The molecule has 0 aliphatic carbocycles. The maximum atomic E-state index is 12.4. The fourth-order valence-corrected chi connectivity index (χ4v) is 2.92. The van der Waals surface area contributed by atoms with Crippen LogP contribution in [0.25, 0.3) is 0 Å². The summed E-state index contributed by atoms with van der Waals surface area (Å²) in [5, 5.41) is 8.94. The smallest absolute Gasteiger partial charge is 0.260 e.